The zero-order valence-electron chi connectivity index (χ0n) is 15.1. The Labute approximate surface area is 159 Å². The van der Waals surface area contributed by atoms with E-state index in [1.807, 2.05) is 43.3 Å². The normalized spacial score (nSPS) is 13.2. The summed E-state index contributed by atoms with van der Waals surface area (Å²) in [6, 6.07) is 22.3. The third-order valence-electron chi connectivity index (χ3n) is 4.36. The summed E-state index contributed by atoms with van der Waals surface area (Å²) >= 11 is 1.70. The molecule has 0 spiro atoms. The van der Waals surface area contributed by atoms with Crippen molar-refractivity contribution in [2.75, 3.05) is 0 Å². The molecule has 0 saturated heterocycles. The second kappa shape index (κ2) is 8.79. The van der Waals surface area contributed by atoms with Gasteiger partial charge in [-0.1, -0.05) is 66.2 Å². The third kappa shape index (κ3) is 4.81. The van der Waals surface area contributed by atoms with Crippen LogP contribution in [0.4, 0.5) is 0 Å². The summed E-state index contributed by atoms with van der Waals surface area (Å²) in [5.74, 6) is 0.00233. The predicted molar refractivity (Wildman–Crippen MR) is 108 cm³/mol. The van der Waals surface area contributed by atoms with E-state index in [2.05, 4.69) is 53.3 Å². The summed E-state index contributed by atoms with van der Waals surface area (Å²) in [5, 5.41) is 8.57. The first-order valence-electron chi connectivity index (χ1n) is 8.81. The molecule has 3 rings (SSSR count). The molecule has 2 N–H and O–H groups in total. The largest absolute Gasteiger partial charge is 0.351 e. The predicted octanol–water partition coefficient (Wildman–Crippen LogP) is 4.44. The van der Waals surface area contributed by atoms with Crippen molar-refractivity contribution in [1.29, 1.82) is 0 Å². The second-order valence-electron chi connectivity index (χ2n) is 6.45. The number of aryl methyl sites for hydroxylation is 1. The molecular formula is C22H24N2OS. The van der Waals surface area contributed by atoms with Gasteiger partial charge >= 0.3 is 0 Å². The number of hydrogen-bond donors (Lipinski definition) is 2. The molecule has 0 unspecified atom stereocenters. The van der Waals surface area contributed by atoms with Crippen LogP contribution >= 0.6 is 11.3 Å². The molecule has 1 heterocycles. The average molecular weight is 365 g/mol. The Bertz CT molecular complexity index is 813. The average Bonchev–Trinajstić information content (AvgIpc) is 3.20. The number of nitrogens with one attached hydrogen (secondary N) is 2. The minimum absolute atomic E-state index is 0.00233. The molecule has 3 nitrogen and oxygen atoms in total. The highest BCUT2D eigenvalue weighted by Gasteiger charge is 2.21. The highest BCUT2D eigenvalue weighted by Crippen LogP contribution is 2.26. The Morgan fingerprint density at radius 1 is 1.00 bits per heavy atom. The van der Waals surface area contributed by atoms with Gasteiger partial charge in [-0.05, 0) is 36.4 Å². The van der Waals surface area contributed by atoms with E-state index < -0.39 is 0 Å². The maximum absolute atomic E-state index is 12.5. The lowest BCUT2D eigenvalue weighted by Crippen LogP contribution is -2.43. The van der Waals surface area contributed by atoms with Crippen molar-refractivity contribution < 1.29 is 4.79 Å². The van der Waals surface area contributed by atoms with E-state index in [-0.39, 0.29) is 18.0 Å². The van der Waals surface area contributed by atoms with Crippen molar-refractivity contribution in [3.8, 4) is 0 Å². The fraction of sp³-hybridized carbons (Fsp3) is 0.227. The zero-order chi connectivity index (χ0) is 18.4. The second-order valence-corrected chi connectivity index (χ2v) is 7.43. The summed E-state index contributed by atoms with van der Waals surface area (Å²) in [6.45, 7) is 4.53. The number of amides is 1. The molecule has 0 aliphatic rings. The van der Waals surface area contributed by atoms with Crippen LogP contribution in [-0.4, -0.2) is 11.9 Å². The van der Waals surface area contributed by atoms with Crippen molar-refractivity contribution in [3.05, 3.63) is 93.7 Å². The summed E-state index contributed by atoms with van der Waals surface area (Å²) in [6.07, 6.45) is 0. The molecule has 2 aromatic carbocycles. The van der Waals surface area contributed by atoms with E-state index in [1.165, 1.54) is 16.0 Å². The molecule has 0 fully saturated rings. The Morgan fingerprint density at radius 3 is 2.38 bits per heavy atom. The lowest BCUT2D eigenvalue weighted by Gasteiger charge is -2.23. The first-order chi connectivity index (χ1) is 12.6. The van der Waals surface area contributed by atoms with Crippen molar-refractivity contribution in [2.24, 2.45) is 0 Å². The Hall–Kier alpha value is -2.43. The first kappa shape index (κ1) is 18.4. The van der Waals surface area contributed by atoms with Gasteiger partial charge in [0.1, 0.15) is 0 Å². The SMILES string of the molecule is Cc1ccc([C@@H](N[C@@H](C)C(=O)NCc2ccccc2)c2cccs2)cc1. The Morgan fingerprint density at radius 2 is 1.73 bits per heavy atom. The fourth-order valence-electron chi connectivity index (χ4n) is 2.82. The summed E-state index contributed by atoms with van der Waals surface area (Å²) in [4.78, 5) is 13.7. The highest BCUT2D eigenvalue weighted by molar-refractivity contribution is 7.10. The van der Waals surface area contributed by atoms with Gasteiger partial charge in [0, 0.05) is 11.4 Å². The highest BCUT2D eigenvalue weighted by atomic mass is 32.1. The van der Waals surface area contributed by atoms with Crippen LogP contribution in [0.2, 0.25) is 0 Å². The molecule has 4 heteroatoms. The minimum atomic E-state index is -0.299. The van der Waals surface area contributed by atoms with Crippen LogP contribution in [0.5, 0.6) is 0 Å². The van der Waals surface area contributed by atoms with Crippen LogP contribution in [0.3, 0.4) is 0 Å². The number of benzene rings is 2. The van der Waals surface area contributed by atoms with Gasteiger partial charge in [0.25, 0.3) is 0 Å². The molecule has 0 bridgehead atoms. The zero-order valence-corrected chi connectivity index (χ0v) is 15.9. The number of hydrogen-bond acceptors (Lipinski definition) is 3. The number of thiophene rings is 1. The molecule has 26 heavy (non-hydrogen) atoms. The number of rotatable bonds is 7. The summed E-state index contributed by atoms with van der Waals surface area (Å²) in [7, 11) is 0. The molecule has 0 aliphatic heterocycles. The summed E-state index contributed by atoms with van der Waals surface area (Å²) in [5.41, 5.74) is 3.49. The first-order valence-corrected chi connectivity index (χ1v) is 9.69. The molecule has 134 valence electrons. The smallest absolute Gasteiger partial charge is 0.237 e. The molecule has 0 saturated carbocycles. The van der Waals surface area contributed by atoms with Crippen LogP contribution < -0.4 is 10.6 Å². The van der Waals surface area contributed by atoms with Gasteiger partial charge in [0.05, 0.1) is 12.1 Å². The van der Waals surface area contributed by atoms with Gasteiger partial charge in [0.2, 0.25) is 5.91 Å². The molecule has 0 radical (unpaired) electrons. The van der Waals surface area contributed by atoms with Gasteiger partial charge in [-0.2, -0.15) is 0 Å². The van der Waals surface area contributed by atoms with Crippen LogP contribution in [0.1, 0.15) is 34.5 Å². The van der Waals surface area contributed by atoms with E-state index >= 15 is 0 Å². The minimum Gasteiger partial charge on any atom is -0.351 e. The standard InChI is InChI=1S/C22H24N2OS/c1-16-10-12-19(13-11-16)21(20-9-6-14-26-20)24-17(2)22(25)23-15-18-7-4-3-5-8-18/h3-14,17,21,24H,15H2,1-2H3,(H,23,25)/t17-,21+/m0/s1. The van der Waals surface area contributed by atoms with E-state index in [9.17, 15) is 4.79 Å². The number of carbonyl (C=O) groups is 1. The van der Waals surface area contributed by atoms with E-state index in [4.69, 9.17) is 0 Å². The molecule has 1 amide bonds. The van der Waals surface area contributed by atoms with Gasteiger partial charge in [-0.25, -0.2) is 0 Å². The van der Waals surface area contributed by atoms with Crippen LogP contribution in [0, 0.1) is 6.92 Å². The third-order valence-corrected chi connectivity index (χ3v) is 5.30. The topological polar surface area (TPSA) is 41.1 Å². The van der Waals surface area contributed by atoms with E-state index in [0.29, 0.717) is 6.54 Å². The van der Waals surface area contributed by atoms with E-state index in [1.54, 1.807) is 11.3 Å². The summed E-state index contributed by atoms with van der Waals surface area (Å²) < 4.78 is 0. The van der Waals surface area contributed by atoms with Crippen molar-refractivity contribution in [1.82, 2.24) is 10.6 Å². The molecular weight excluding hydrogens is 340 g/mol. The van der Waals surface area contributed by atoms with Crippen molar-refractivity contribution in [3.63, 3.8) is 0 Å². The van der Waals surface area contributed by atoms with Crippen molar-refractivity contribution >= 4 is 17.2 Å². The lowest BCUT2D eigenvalue weighted by atomic mass is 10.0. The maximum Gasteiger partial charge on any atom is 0.237 e. The van der Waals surface area contributed by atoms with E-state index in [0.717, 1.165) is 5.56 Å². The van der Waals surface area contributed by atoms with Crippen LogP contribution in [0.15, 0.2) is 72.1 Å². The van der Waals surface area contributed by atoms with Crippen LogP contribution in [-0.2, 0) is 11.3 Å². The molecule has 2 atom stereocenters. The lowest BCUT2D eigenvalue weighted by molar-refractivity contribution is -0.123. The van der Waals surface area contributed by atoms with Crippen LogP contribution in [0.25, 0.3) is 0 Å². The van der Waals surface area contributed by atoms with Gasteiger partial charge in [-0.15, -0.1) is 11.3 Å². The van der Waals surface area contributed by atoms with Gasteiger partial charge in [-0.3, -0.25) is 10.1 Å². The number of carbonyl (C=O) groups excluding carboxylic acids is 1. The maximum atomic E-state index is 12.5. The van der Waals surface area contributed by atoms with Crippen molar-refractivity contribution in [2.45, 2.75) is 32.5 Å². The monoisotopic (exact) mass is 364 g/mol. The van der Waals surface area contributed by atoms with Gasteiger partial charge in [0.15, 0.2) is 0 Å². The molecule has 3 aromatic rings. The molecule has 0 aliphatic carbocycles. The fourth-order valence-corrected chi connectivity index (χ4v) is 3.63. The Balaban J connectivity index is 1.68. The molecule has 1 aromatic heterocycles. The quantitative estimate of drug-likeness (QED) is 0.651. The Kier molecular flexibility index (Phi) is 6.21. The van der Waals surface area contributed by atoms with Gasteiger partial charge < -0.3 is 5.32 Å².